The van der Waals surface area contributed by atoms with Gasteiger partial charge in [-0.2, -0.15) is 0 Å². The first kappa shape index (κ1) is 9.79. The smallest absolute Gasteiger partial charge is 0.335 e. The van der Waals surface area contributed by atoms with Gasteiger partial charge in [0, 0.05) is 12.2 Å². The lowest BCUT2D eigenvalue weighted by molar-refractivity contribution is 0.214. The van der Waals surface area contributed by atoms with E-state index in [-0.39, 0.29) is 6.03 Å². The zero-order valence-corrected chi connectivity index (χ0v) is 8.49. The van der Waals surface area contributed by atoms with Crippen molar-refractivity contribution >= 4 is 11.7 Å². The molecule has 80 valence electrons. The fourth-order valence-electron chi connectivity index (χ4n) is 1.56. The van der Waals surface area contributed by atoms with Crippen LogP contribution in [0.2, 0.25) is 0 Å². The molecule has 0 aliphatic carbocycles. The van der Waals surface area contributed by atoms with Gasteiger partial charge >= 0.3 is 6.03 Å². The highest BCUT2D eigenvalue weighted by atomic mass is 16.5. The van der Waals surface area contributed by atoms with Crippen molar-refractivity contribution in [3.63, 3.8) is 0 Å². The summed E-state index contributed by atoms with van der Waals surface area (Å²) in [6.45, 7) is 0.506. The van der Waals surface area contributed by atoms with Crippen molar-refractivity contribution in [3.8, 4) is 5.75 Å². The number of amides is 2. The van der Waals surface area contributed by atoms with E-state index >= 15 is 0 Å². The summed E-state index contributed by atoms with van der Waals surface area (Å²) in [5, 5.41) is 3.90. The summed E-state index contributed by atoms with van der Waals surface area (Å²) >= 11 is 0. The number of hydrogen-bond acceptors (Lipinski definition) is 3. The number of carbonyl (C=O) groups excluding carboxylic acids is 1. The van der Waals surface area contributed by atoms with Gasteiger partial charge < -0.3 is 10.1 Å². The van der Waals surface area contributed by atoms with Gasteiger partial charge in [0.05, 0.1) is 7.11 Å². The minimum absolute atomic E-state index is 0.279. The molecule has 15 heavy (non-hydrogen) atoms. The maximum atomic E-state index is 11.4. The van der Waals surface area contributed by atoms with Crippen LogP contribution in [0.4, 0.5) is 10.5 Å². The molecular weight excluding hydrogens is 194 g/mol. The van der Waals surface area contributed by atoms with Crippen LogP contribution in [0.3, 0.4) is 0 Å². The average Bonchev–Trinajstić information content (AvgIpc) is 2.39. The quantitative estimate of drug-likeness (QED) is 0.532. The second kappa shape index (κ2) is 3.78. The Morgan fingerprint density at radius 3 is 3.07 bits per heavy atom. The Bertz CT molecular complexity index is 392. The molecule has 5 heteroatoms. The number of rotatable bonds is 1. The average molecular weight is 207 g/mol. The predicted octanol–water partition coefficient (Wildman–Crippen LogP) is 0.959. The van der Waals surface area contributed by atoms with E-state index in [2.05, 4.69) is 5.32 Å². The Hall–Kier alpha value is -1.75. The molecule has 1 aliphatic heterocycles. The SMILES string of the molecule is COc1ccc2c(c1)CCN(N)C(=O)N2. The van der Waals surface area contributed by atoms with Crippen LogP contribution in [-0.4, -0.2) is 24.7 Å². The van der Waals surface area contributed by atoms with E-state index in [1.165, 1.54) is 5.01 Å². The van der Waals surface area contributed by atoms with Crippen molar-refractivity contribution in [2.45, 2.75) is 6.42 Å². The number of nitrogens with two attached hydrogens (primary N) is 1. The van der Waals surface area contributed by atoms with Crippen LogP contribution in [0, 0.1) is 0 Å². The lowest BCUT2D eigenvalue weighted by Crippen LogP contribution is -2.40. The normalized spacial score (nSPS) is 15.3. The minimum atomic E-state index is -0.279. The number of fused-ring (bicyclic) bond motifs is 1. The Balaban J connectivity index is 2.34. The van der Waals surface area contributed by atoms with E-state index < -0.39 is 0 Å². The largest absolute Gasteiger partial charge is 0.497 e. The van der Waals surface area contributed by atoms with E-state index in [1.54, 1.807) is 7.11 Å². The van der Waals surface area contributed by atoms with Crippen LogP contribution in [0.15, 0.2) is 18.2 Å². The molecule has 0 aromatic heterocycles. The van der Waals surface area contributed by atoms with Gasteiger partial charge in [-0.3, -0.25) is 5.01 Å². The number of nitrogens with zero attached hydrogens (tertiary/aromatic N) is 1. The van der Waals surface area contributed by atoms with E-state index in [4.69, 9.17) is 10.6 Å². The zero-order chi connectivity index (χ0) is 10.8. The summed E-state index contributed by atoms with van der Waals surface area (Å²) in [7, 11) is 1.62. The van der Waals surface area contributed by atoms with Gasteiger partial charge in [-0.25, -0.2) is 10.6 Å². The molecule has 0 atom stereocenters. The Morgan fingerprint density at radius 2 is 2.33 bits per heavy atom. The number of benzene rings is 1. The summed E-state index contributed by atoms with van der Waals surface area (Å²) in [5.74, 6) is 6.30. The third-order valence-electron chi connectivity index (χ3n) is 2.44. The molecule has 0 unspecified atom stereocenters. The van der Waals surface area contributed by atoms with E-state index in [0.29, 0.717) is 6.54 Å². The molecular formula is C10H13N3O2. The zero-order valence-electron chi connectivity index (χ0n) is 8.49. The van der Waals surface area contributed by atoms with E-state index in [0.717, 1.165) is 23.4 Å². The molecule has 0 radical (unpaired) electrons. The molecule has 2 rings (SSSR count). The number of urea groups is 1. The molecule has 0 saturated carbocycles. The minimum Gasteiger partial charge on any atom is -0.497 e. The summed E-state index contributed by atoms with van der Waals surface area (Å²) in [6.07, 6.45) is 0.724. The molecule has 1 aromatic rings. The third-order valence-corrected chi connectivity index (χ3v) is 2.44. The standard InChI is InChI=1S/C10H13N3O2/c1-15-8-2-3-9-7(6-8)4-5-13(11)10(14)12-9/h2-3,6H,4-5,11H2,1H3,(H,12,14). The summed E-state index contributed by atoms with van der Waals surface area (Å²) in [6, 6.07) is 5.27. The van der Waals surface area contributed by atoms with Crippen LogP contribution in [0.1, 0.15) is 5.56 Å². The maximum Gasteiger partial charge on any atom is 0.335 e. The van der Waals surface area contributed by atoms with Crippen molar-refractivity contribution < 1.29 is 9.53 Å². The number of hydrazine groups is 1. The van der Waals surface area contributed by atoms with Crippen molar-refractivity contribution in [2.24, 2.45) is 5.84 Å². The molecule has 3 N–H and O–H groups in total. The summed E-state index contributed by atoms with van der Waals surface area (Å²) in [4.78, 5) is 11.4. The van der Waals surface area contributed by atoms with Crippen LogP contribution in [0.5, 0.6) is 5.75 Å². The first-order valence-electron chi connectivity index (χ1n) is 4.71. The molecule has 0 fully saturated rings. The summed E-state index contributed by atoms with van der Waals surface area (Å²) in [5.41, 5.74) is 1.84. The Kier molecular flexibility index (Phi) is 2.47. The number of carbonyl (C=O) groups is 1. The molecule has 1 heterocycles. The fourth-order valence-corrected chi connectivity index (χ4v) is 1.56. The molecule has 1 aliphatic rings. The molecule has 0 saturated heterocycles. The maximum absolute atomic E-state index is 11.4. The van der Waals surface area contributed by atoms with Gasteiger partial charge in [-0.15, -0.1) is 0 Å². The first-order chi connectivity index (χ1) is 7.20. The predicted molar refractivity (Wildman–Crippen MR) is 56.6 cm³/mol. The second-order valence-corrected chi connectivity index (χ2v) is 3.40. The molecule has 0 bridgehead atoms. The van der Waals surface area contributed by atoms with Gasteiger partial charge in [0.1, 0.15) is 5.75 Å². The number of ether oxygens (including phenoxy) is 1. The van der Waals surface area contributed by atoms with Gasteiger partial charge in [0.2, 0.25) is 0 Å². The number of methoxy groups -OCH3 is 1. The number of anilines is 1. The van der Waals surface area contributed by atoms with Crippen LogP contribution >= 0.6 is 0 Å². The number of nitrogens with one attached hydrogen (secondary N) is 1. The Morgan fingerprint density at radius 1 is 1.53 bits per heavy atom. The van der Waals surface area contributed by atoms with Gasteiger partial charge in [0.15, 0.2) is 0 Å². The monoisotopic (exact) mass is 207 g/mol. The fraction of sp³-hybridized carbons (Fsp3) is 0.300. The molecule has 0 spiro atoms. The van der Waals surface area contributed by atoms with Crippen molar-refractivity contribution in [1.29, 1.82) is 0 Å². The van der Waals surface area contributed by atoms with E-state index in [9.17, 15) is 4.79 Å². The lowest BCUT2D eigenvalue weighted by atomic mass is 10.1. The van der Waals surface area contributed by atoms with Crippen molar-refractivity contribution in [3.05, 3.63) is 23.8 Å². The molecule has 1 aromatic carbocycles. The highest BCUT2D eigenvalue weighted by Gasteiger charge is 2.17. The van der Waals surface area contributed by atoms with Crippen LogP contribution in [-0.2, 0) is 6.42 Å². The third kappa shape index (κ3) is 1.87. The second-order valence-electron chi connectivity index (χ2n) is 3.40. The van der Waals surface area contributed by atoms with Gasteiger partial charge in [0.25, 0.3) is 0 Å². The van der Waals surface area contributed by atoms with Gasteiger partial charge in [-0.05, 0) is 30.2 Å². The first-order valence-corrected chi connectivity index (χ1v) is 4.71. The highest BCUT2D eigenvalue weighted by Crippen LogP contribution is 2.24. The van der Waals surface area contributed by atoms with Crippen molar-refractivity contribution in [2.75, 3.05) is 19.0 Å². The van der Waals surface area contributed by atoms with Crippen LogP contribution < -0.4 is 15.9 Å². The topological polar surface area (TPSA) is 67.6 Å². The highest BCUT2D eigenvalue weighted by molar-refractivity contribution is 5.90. The Labute approximate surface area is 87.8 Å². The van der Waals surface area contributed by atoms with Crippen LogP contribution in [0.25, 0.3) is 0 Å². The molecule has 2 amide bonds. The number of hydrogen-bond donors (Lipinski definition) is 2. The molecule has 5 nitrogen and oxygen atoms in total. The van der Waals surface area contributed by atoms with Gasteiger partial charge in [-0.1, -0.05) is 0 Å². The summed E-state index contributed by atoms with van der Waals surface area (Å²) < 4.78 is 5.12. The van der Waals surface area contributed by atoms with Crippen molar-refractivity contribution in [1.82, 2.24) is 5.01 Å². The van der Waals surface area contributed by atoms with E-state index in [1.807, 2.05) is 18.2 Å². The lowest BCUT2D eigenvalue weighted by Gasteiger charge is -2.12.